The Labute approximate surface area is 740 Å². The second-order valence-electron chi connectivity index (χ2n) is 31.1. The number of aromatic nitrogens is 12. The van der Waals surface area contributed by atoms with Gasteiger partial charge in [0.2, 0.25) is 35.4 Å². The third-order valence-corrected chi connectivity index (χ3v) is 21.1. The molecular formula is C76H123N21O32. The molecule has 8 amide bonds. The predicted molar refractivity (Wildman–Crippen MR) is 431 cm³/mol. The lowest BCUT2D eigenvalue weighted by molar-refractivity contribution is -0.272. The lowest BCUT2D eigenvalue weighted by Gasteiger charge is -2.42. The lowest BCUT2D eigenvalue weighted by Crippen LogP contribution is -2.64. The van der Waals surface area contributed by atoms with Gasteiger partial charge in [-0.2, -0.15) is 0 Å². The highest BCUT2D eigenvalue weighted by atomic mass is 16.7. The second kappa shape index (κ2) is 53.7. The van der Waals surface area contributed by atoms with Gasteiger partial charge in [0.15, 0.2) is 25.2 Å². The SMILES string of the molecule is CC(=O)N[C@H]1[C@H](OCCOCCn2cc(CN(CCCC[C@@H](C(=O)NCCCNC(=O)CCN3C(=O)C=CC3=O)N(Cc3cn(CCOCCO[C@@H]4O[C@H](CO)[C@H](O)[C@H](O)[C@H]4NC(C)=O)nn3)Cc3cn(CCOCCO[C@@H]4O[C@H](CO)[C@H](O)[C@H](O)[C@H]4NC(C)=O)nn3)Cc3cn(CCOCCO[C@@H]4O[C@H](CO)[C@H](O)[C@H](O)[C@H]4NC(C)=O)nn3)nn2)O[C@H](CO)[C@H](O)[C@@H]1O. The molecule has 0 saturated carbocycles. The molecule has 4 aromatic rings. The molecule has 0 spiro atoms. The molecule has 53 nitrogen and oxygen atoms in total. The average Bonchev–Trinajstić information content (AvgIpc) is 1.54. The van der Waals surface area contributed by atoms with Gasteiger partial charge in [0.25, 0.3) is 11.8 Å². The van der Waals surface area contributed by atoms with Crippen molar-refractivity contribution in [1.82, 2.24) is 107 Å². The predicted octanol–water partition coefficient (Wildman–Crippen LogP) is -11.9. The Balaban J connectivity index is 0.893. The maximum atomic E-state index is 15.1. The highest BCUT2D eigenvalue weighted by Crippen LogP contribution is 2.28. The number of aliphatic hydroxyl groups excluding tert-OH is 12. The third-order valence-electron chi connectivity index (χ3n) is 21.1. The molecule has 0 aromatic carbocycles. The summed E-state index contributed by atoms with van der Waals surface area (Å²) in [6.07, 6.45) is -11.6. The zero-order chi connectivity index (χ0) is 93.1. The van der Waals surface area contributed by atoms with Crippen LogP contribution in [0.2, 0.25) is 0 Å². The minimum atomic E-state index is -1.52. The highest BCUT2D eigenvalue weighted by molar-refractivity contribution is 6.13. The number of unbranched alkanes of at least 4 members (excludes halogenated alkanes) is 1. The van der Waals surface area contributed by atoms with Gasteiger partial charge in [-0.15, -0.1) is 20.4 Å². The fraction of sp³-hybridized carbons (Fsp3) is 0.763. The van der Waals surface area contributed by atoms with Gasteiger partial charge in [-0.25, -0.2) is 18.7 Å². The summed E-state index contributed by atoms with van der Waals surface area (Å²) < 4.78 is 75.4. The molecule has 0 radical (unpaired) electrons. The summed E-state index contributed by atoms with van der Waals surface area (Å²) in [7, 11) is 0. The Bertz CT molecular complexity index is 3890. The number of rotatable bonds is 58. The Morgan fingerprint density at radius 3 is 1.02 bits per heavy atom. The summed E-state index contributed by atoms with van der Waals surface area (Å²) in [5, 5.41) is 175. The fourth-order valence-electron chi connectivity index (χ4n) is 14.6. The van der Waals surface area contributed by atoms with Crippen molar-refractivity contribution < 1.29 is 156 Å². The van der Waals surface area contributed by atoms with E-state index in [0.29, 0.717) is 42.2 Å². The average molecular weight is 1840 g/mol. The van der Waals surface area contributed by atoms with Crippen molar-refractivity contribution in [3.63, 3.8) is 0 Å². The van der Waals surface area contributed by atoms with Crippen LogP contribution in [0.5, 0.6) is 0 Å². The molecule has 18 N–H and O–H groups in total. The first-order valence-corrected chi connectivity index (χ1v) is 42.5. The van der Waals surface area contributed by atoms with E-state index in [1.807, 2.05) is 4.90 Å². The van der Waals surface area contributed by atoms with Gasteiger partial charge >= 0.3 is 0 Å². The number of ether oxygens (including phenoxy) is 12. The minimum Gasteiger partial charge on any atom is -0.394 e. The van der Waals surface area contributed by atoms with Crippen LogP contribution in [0.15, 0.2) is 36.9 Å². The molecule has 0 unspecified atom stereocenters. The van der Waals surface area contributed by atoms with E-state index in [1.54, 1.807) is 34.2 Å². The summed E-state index contributed by atoms with van der Waals surface area (Å²) in [5.74, 6) is -3.99. The van der Waals surface area contributed by atoms with Crippen LogP contribution in [0.3, 0.4) is 0 Å². The highest BCUT2D eigenvalue weighted by Gasteiger charge is 2.49. The van der Waals surface area contributed by atoms with E-state index in [1.165, 1.54) is 37.1 Å². The number of imide groups is 1. The van der Waals surface area contributed by atoms with E-state index in [-0.39, 0.29) is 171 Å². The third kappa shape index (κ3) is 32.6. The van der Waals surface area contributed by atoms with Crippen LogP contribution in [0.4, 0.5) is 0 Å². The summed E-state index contributed by atoms with van der Waals surface area (Å²) in [6, 6.07) is -5.58. The van der Waals surface area contributed by atoms with Crippen molar-refractivity contribution >= 4 is 47.3 Å². The topological polar surface area (TPSA) is 695 Å². The maximum Gasteiger partial charge on any atom is 0.253 e. The molecule has 4 aromatic heterocycles. The normalized spacial score (nSPS) is 26.8. The molecule has 9 heterocycles. The van der Waals surface area contributed by atoms with Crippen LogP contribution in [-0.2, 0) is 148 Å². The standard InChI is InChI=1S/C76H123N21O32/c1-44(102)79-60-68(113)64(109)53(40-98)126-73(60)122-28-24-118-20-16-93-36-48(83-87-93)32-91(33-49-37-94(88-84-49)17-21-119-25-29-123-74-61(80-45(2)103)69(114)65(110)54(41-99)127-74)14-6-5-8-52(72(117)78-13-7-12-77-57(106)11-15-97-58(107)9-10-59(97)108)92(34-50-38-95(89-85-50)18-22-120-26-30-124-75-62(81-46(3)104)70(115)66(111)55(42-100)128-75)35-51-39-96(90-86-51)19-23-121-27-31-125-76-63(82-47(4)105)71(116)67(112)56(43-101)129-76/h9-10,36-39,52-56,60-71,73-76,98-101,109-116H,5-8,11-35,40-43H2,1-4H3,(H,77,106)(H,78,117)(H,79,102)(H,80,103)(H,81,104)(H,82,105)/t52-,53+,54+,55+,56+,60+,61+,62+,63+,64-,65-,66-,67-,68+,69+,70+,71+,73+,74+,75+,76+/m0/s1. The van der Waals surface area contributed by atoms with Gasteiger partial charge in [-0.3, -0.25) is 53.1 Å². The molecule has 129 heavy (non-hydrogen) atoms. The first kappa shape index (κ1) is 104. The quantitative estimate of drug-likeness (QED) is 0.0144. The zero-order valence-electron chi connectivity index (χ0n) is 72.2. The molecule has 0 aliphatic carbocycles. The van der Waals surface area contributed by atoms with Crippen molar-refractivity contribution in [3.05, 3.63) is 59.7 Å². The Morgan fingerprint density at radius 1 is 0.403 bits per heavy atom. The number of carbonyl (C=O) groups excluding carboxylic acids is 8. The number of aliphatic hydroxyl groups is 12. The number of amides is 8. The monoisotopic (exact) mass is 1840 g/mol. The molecular weight excluding hydrogens is 1720 g/mol. The zero-order valence-corrected chi connectivity index (χ0v) is 72.2. The Hall–Kier alpha value is -8.78. The maximum absolute atomic E-state index is 15.1. The molecule has 9 rings (SSSR count). The second-order valence-corrected chi connectivity index (χ2v) is 31.1. The van der Waals surface area contributed by atoms with Crippen LogP contribution in [0.25, 0.3) is 0 Å². The number of nitrogens with one attached hydrogen (secondary N) is 6. The number of carbonyl (C=O) groups is 8. The van der Waals surface area contributed by atoms with Gasteiger partial charge in [0.1, 0.15) is 97.4 Å². The molecule has 724 valence electrons. The van der Waals surface area contributed by atoms with E-state index >= 15 is 4.79 Å². The van der Waals surface area contributed by atoms with E-state index in [9.17, 15) is 94.8 Å². The summed E-state index contributed by atoms with van der Waals surface area (Å²) >= 11 is 0. The Morgan fingerprint density at radius 2 is 0.713 bits per heavy atom. The van der Waals surface area contributed by atoms with E-state index < -0.39 is 202 Å². The van der Waals surface area contributed by atoms with Gasteiger partial charge < -0.3 is 150 Å². The van der Waals surface area contributed by atoms with Crippen molar-refractivity contribution in [3.8, 4) is 0 Å². The fourth-order valence-corrected chi connectivity index (χ4v) is 14.6. The van der Waals surface area contributed by atoms with Crippen molar-refractivity contribution in [2.45, 2.75) is 241 Å². The van der Waals surface area contributed by atoms with E-state index in [0.717, 1.165) is 17.1 Å². The Kier molecular flexibility index (Phi) is 43.2. The van der Waals surface area contributed by atoms with Crippen LogP contribution in [-0.4, -0.2) is 444 Å². The molecule has 5 aliphatic rings. The molecule has 0 bridgehead atoms. The first-order valence-electron chi connectivity index (χ1n) is 42.5. The van der Waals surface area contributed by atoms with Gasteiger partial charge in [0.05, 0.1) is 161 Å². The molecule has 53 heteroatoms. The van der Waals surface area contributed by atoms with Gasteiger partial charge in [-0.05, 0) is 25.8 Å². The molecule has 21 atom stereocenters. The van der Waals surface area contributed by atoms with Crippen LogP contribution < -0.4 is 31.9 Å². The number of nitrogens with zero attached hydrogens (tertiary/aromatic N) is 15. The van der Waals surface area contributed by atoms with Crippen LogP contribution in [0, 0.1) is 0 Å². The molecule has 4 fully saturated rings. The van der Waals surface area contributed by atoms with Crippen molar-refractivity contribution in [2.75, 3.05) is 132 Å². The summed E-state index contributed by atoms with van der Waals surface area (Å²) in [5.41, 5.74) is 1.91. The molecule has 5 aliphatic heterocycles. The number of hydrogen-bond acceptors (Lipinski definition) is 42. The van der Waals surface area contributed by atoms with E-state index in [4.69, 9.17) is 56.8 Å². The van der Waals surface area contributed by atoms with Crippen LogP contribution in [0.1, 0.15) is 82.6 Å². The summed E-state index contributed by atoms with van der Waals surface area (Å²) in [6.45, 7) is 4.12. The smallest absolute Gasteiger partial charge is 0.253 e. The first-order chi connectivity index (χ1) is 62.0. The van der Waals surface area contributed by atoms with Crippen molar-refractivity contribution in [1.29, 1.82) is 0 Å². The largest absolute Gasteiger partial charge is 0.394 e. The van der Waals surface area contributed by atoms with Crippen molar-refractivity contribution in [2.24, 2.45) is 0 Å². The number of hydrogen-bond donors (Lipinski definition) is 18. The lowest BCUT2D eigenvalue weighted by atomic mass is 9.97. The molecule has 4 saturated heterocycles. The van der Waals surface area contributed by atoms with E-state index in [2.05, 4.69) is 78.0 Å². The summed E-state index contributed by atoms with van der Waals surface area (Å²) in [4.78, 5) is 105. The van der Waals surface area contributed by atoms with Gasteiger partial charge in [0, 0.05) is 117 Å². The minimum absolute atomic E-state index is 0.00303. The van der Waals surface area contributed by atoms with Crippen LogP contribution >= 0.6 is 0 Å². The van der Waals surface area contributed by atoms with Gasteiger partial charge in [-0.1, -0.05) is 27.3 Å².